The van der Waals surface area contributed by atoms with Gasteiger partial charge in [0.15, 0.2) is 0 Å². The van der Waals surface area contributed by atoms with Crippen LogP contribution in [-0.4, -0.2) is 51.1 Å². The van der Waals surface area contributed by atoms with E-state index in [-0.39, 0.29) is 0 Å². The topological polar surface area (TPSA) is 50.9 Å². The fourth-order valence-corrected chi connectivity index (χ4v) is 0.938. The Kier molecular flexibility index (Phi) is 8.57. The molecule has 84 valence electrons. The Morgan fingerprint density at radius 2 is 2.07 bits per heavy atom. The molecule has 0 aromatic heterocycles. The first-order valence-corrected chi connectivity index (χ1v) is 5.18. The van der Waals surface area contributed by atoms with E-state index in [4.69, 9.17) is 10.5 Å². The Labute approximate surface area is 87.1 Å². The molecular formula is C10H23N3O. The molecule has 0 aliphatic rings. The third kappa shape index (κ3) is 9.48. The molecule has 0 atom stereocenters. The van der Waals surface area contributed by atoms with E-state index in [1.165, 1.54) is 0 Å². The first kappa shape index (κ1) is 13.4. The first-order valence-electron chi connectivity index (χ1n) is 5.18. The standard InChI is InChI=1S/C10H23N3O/c1-4-5-10(11)12-6-8-14-9-7-13(2)3/h4-9H2,1-3H3,(H2,11,12). The molecule has 0 unspecified atom stereocenters. The molecule has 4 nitrogen and oxygen atoms in total. The van der Waals surface area contributed by atoms with Crippen molar-refractivity contribution in [2.75, 3.05) is 40.4 Å². The van der Waals surface area contributed by atoms with Gasteiger partial charge in [-0.05, 0) is 20.5 Å². The lowest BCUT2D eigenvalue weighted by Gasteiger charge is -2.08. The lowest BCUT2D eigenvalue weighted by Crippen LogP contribution is -2.19. The summed E-state index contributed by atoms with van der Waals surface area (Å²) in [5, 5.41) is 0. The molecule has 2 N–H and O–H groups in total. The number of nitrogens with zero attached hydrogens (tertiary/aromatic N) is 2. The number of amidine groups is 1. The van der Waals surface area contributed by atoms with Crippen molar-refractivity contribution in [2.24, 2.45) is 10.7 Å². The Morgan fingerprint density at radius 1 is 1.36 bits per heavy atom. The van der Waals surface area contributed by atoms with Crippen LogP contribution in [-0.2, 0) is 4.74 Å². The van der Waals surface area contributed by atoms with Gasteiger partial charge in [0.2, 0.25) is 0 Å². The molecule has 14 heavy (non-hydrogen) atoms. The fourth-order valence-electron chi connectivity index (χ4n) is 0.938. The molecule has 0 fully saturated rings. The minimum absolute atomic E-state index is 0.665. The van der Waals surface area contributed by atoms with Crippen LogP contribution in [0.4, 0.5) is 0 Å². The van der Waals surface area contributed by atoms with Crippen molar-refractivity contribution in [1.29, 1.82) is 0 Å². The van der Waals surface area contributed by atoms with Crippen molar-refractivity contribution < 1.29 is 4.74 Å². The zero-order valence-electron chi connectivity index (χ0n) is 9.62. The van der Waals surface area contributed by atoms with Gasteiger partial charge >= 0.3 is 0 Å². The Bertz CT molecular complexity index is 157. The highest BCUT2D eigenvalue weighted by Crippen LogP contribution is 1.87. The summed E-state index contributed by atoms with van der Waals surface area (Å²) >= 11 is 0. The maximum Gasteiger partial charge on any atom is 0.0937 e. The first-order chi connectivity index (χ1) is 6.66. The molecule has 0 aliphatic carbocycles. The summed E-state index contributed by atoms with van der Waals surface area (Å²) in [6.45, 7) is 5.15. The highest BCUT2D eigenvalue weighted by atomic mass is 16.5. The van der Waals surface area contributed by atoms with E-state index in [0.717, 1.165) is 31.8 Å². The highest BCUT2D eigenvalue weighted by Gasteiger charge is 1.91. The van der Waals surface area contributed by atoms with E-state index in [2.05, 4.69) is 16.8 Å². The maximum atomic E-state index is 5.63. The lowest BCUT2D eigenvalue weighted by atomic mass is 10.3. The normalized spacial score (nSPS) is 12.4. The zero-order chi connectivity index (χ0) is 10.8. The number of nitrogens with two attached hydrogens (primary N) is 1. The number of rotatable bonds is 8. The van der Waals surface area contributed by atoms with E-state index < -0.39 is 0 Å². The molecular weight excluding hydrogens is 178 g/mol. The van der Waals surface area contributed by atoms with E-state index in [0.29, 0.717) is 13.2 Å². The number of aliphatic imine (C=N–C) groups is 1. The van der Waals surface area contributed by atoms with Crippen LogP contribution < -0.4 is 5.73 Å². The molecule has 0 amide bonds. The van der Waals surface area contributed by atoms with Crippen molar-refractivity contribution in [1.82, 2.24) is 4.90 Å². The third-order valence-electron chi connectivity index (χ3n) is 1.74. The second kappa shape index (κ2) is 8.97. The van der Waals surface area contributed by atoms with Crippen molar-refractivity contribution in [3.8, 4) is 0 Å². The predicted molar refractivity (Wildman–Crippen MR) is 60.8 cm³/mol. The average molecular weight is 201 g/mol. The highest BCUT2D eigenvalue weighted by molar-refractivity contribution is 5.80. The summed E-state index contributed by atoms with van der Waals surface area (Å²) in [5.41, 5.74) is 5.63. The summed E-state index contributed by atoms with van der Waals surface area (Å²) < 4.78 is 5.37. The Balaban J connectivity index is 3.24. The van der Waals surface area contributed by atoms with E-state index in [1.807, 2.05) is 14.1 Å². The minimum atomic E-state index is 0.665. The summed E-state index contributed by atoms with van der Waals surface area (Å²) in [4.78, 5) is 6.28. The smallest absolute Gasteiger partial charge is 0.0937 e. The SMILES string of the molecule is CCCC(N)=NCCOCCN(C)C. The summed E-state index contributed by atoms with van der Waals surface area (Å²) in [7, 11) is 4.06. The van der Waals surface area contributed by atoms with Crippen LogP contribution >= 0.6 is 0 Å². The second-order valence-electron chi connectivity index (χ2n) is 3.54. The van der Waals surface area contributed by atoms with Gasteiger partial charge in [-0.15, -0.1) is 0 Å². The molecule has 0 spiro atoms. The third-order valence-corrected chi connectivity index (χ3v) is 1.74. The van der Waals surface area contributed by atoms with Crippen LogP contribution in [0.5, 0.6) is 0 Å². The van der Waals surface area contributed by atoms with Gasteiger partial charge in [-0.3, -0.25) is 4.99 Å². The van der Waals surface area contributed by atoms with Crippen molar-refractivity contribution in [3.63, 3.8) is 0 Å². The molecule has 0 saturated heterocycles. The van der Waals surface area contributed by atoms with Crippen LogP contribution in [0.3, 0.4) is 0 Å². The molecule has 0 aromatic carbocycles. The number of hydrogen-bond acceptors (Lipinski definition) is 3. The predicted octanol–water partition coefficient (Wildman–Crippen LogP) is 0.722. The minimum Gasteiger partial charge on any atom is -0.387 e. The largest absolute Gasteiger partial charge is 0.387 e. The monoisotopic (exact) mass is 201 g/mol. The molecule has 0 radical (unpaired) electrons. The number of likely N-dealkylation sites (N-methyl/N-ethyl adjacent to an activating group) is 1. The van der Waals surface area contributed by atoms with Gasteiger partial charge in [-0.25, -0.2) is 0 Å². The lowest BCUT2D eigenvalue weighted by molar-refractivity contribution is 0.124. The Morgan fingerprint density at radius 3 is 2.64 bits per heavy atom. The zero-order valence-corrected chi connectivity index (χ0v) is 9.62. The molecule has 0 bridgehead atoms. The van der Waals surface area contributed by atoms with Crippen LogP contribution in [0, 0.1) is 0 Å². The van der Waals surface area contributed by atoms with Gasteiger partial charge in [0, 0.05) is 13.0 Å². The number of ether oxygens (including phenoxy) is 1. The van der Waals surface area contributed by atoms with Crippen molar-refractivity contribution >= 4 is 5.84 Å². The second-order valence-corrected chi connectivity index (χ2v) is 3.54. The molecule has 0 rings (SSSR count). The van der Waals surface area contributed by atoms with Crippen molar-refractivity contribution in [3.05, 3.63) is 0 Å². The summed E-state index contributed by atoms with van der Waals surface area (Å²) in [5.74, 6) is 0.740. The van der Waals surface area contributed by atoms with E-state index in [1.54, 1.807) is 0 Å². The molecule has 0 heterocycles. The van der Waals surface area contributed by atoms with Gasteiger partial charge in [-0.1, -0.05) is 6.92 Å². The maximum absolute atomic E-state index is 5.63. The van der Waals surface area contributed by atoms with E-state index in [9.17, 15) is 0 Å². The van der Waals surface area contributed by atoms with Gasteiger partial charge in [0.05, 0.1) is 25.6 Å². The van der Waals surface area contributed by atoms with Crippen LogP contribution in [0.2, 0.25) is 0 Å². The average Bonchev–Trinajstić information content (AvgIpc) is 2.11. The van der Waals surface area contributed by atoms with Gasteiger partial charge in [0.1, 0.15) is 0 Å². The van der Waals surface area contributed by atoms with Gasteiger partial charge < -0.3 is 15.4 Å². The molecule has 0 aromatic rings. The Hall–Kier alpha value is -0.610. The fraction of sp³-hybridized carbons (Fsp3) is 0.900. The quantitative estimate of drug-likeness (QED) is 0.358. The summed E-state index contributed by atoms with van der Waals surface area (Å²) in [6, 6.07) is 0. The molecule has 4 heteroatoms. The summed E-state index contributed by atoms with van der Waals surface area (Å²) in [6.07, 6.45) is 1.94. The van der Waals surface area contributed by atoms with Crippen molar-refractivity contribution in [2.45, 2.75) is 19.8 Å². The van der Waals surface area contributed by atoms with Crippen LogP contribution in [0.1, 0.15) is 19.8 Å². The van der Waals surface area contributed by atoms with Gasteiger partial charge in [-0.2, -0.15) is 0 Å². The van der Waals surface area contributed by atoms with E-state index >= 15 is 0 Å². The number of hydrogen-bond donors (Lipinski definition) is 1. The molecule has 0 aliphatic heterocycles. The van der Waals surface area contributed by atoms with Crippen LogP contribution in [0.15, 0.2) is 4.99 Å². The van der Waals surface area contributed by atoms with Crippen LogP contribution in [0.25, 0.3) is 0 Å². The van der Waals surface area contributed by atoms with Gasteiger partial charge in [0.25, 0.3) is 0 Å². The molecule has 0 saturated carbocycles.